The number of carbonyl (C=O) groups excluding carboxylic acids is 4. The summed E-state index contributed by atoms with van der Waals surface area (Å²) in [5.74, 6) is -6.23. The third-order valence-corrected chi connectivity index (χ3v) is 7.25. The Hall–Kier alpha value is -3.73. The molecule has 0 radical (unpaired) electrons. The molecule has 11 nitrogen and oxygen atoms in total. The SMILES string of the molecule is CCCCCCCC(=O)CCCCCC/C=C/[C@H](C(=O)N[C@@H](Cc1ccc(O)cc1)C(=O)OC)[C@@](O)(CC(N)=O)C(=O)O. The van der Waals surface area contributed by atoms with Gasteiger partial charge in [0.1, 0.15) is 17.6 Å². The van der Waals surface area contributed by atoms with Crippen LogP contribution in [0, 0.1) is 5.92 Å². The maximum absolute atomic E-state index is 13.3. The summed E-state index contributed by atoms with van der Waals surface area (Å²) in [7, 11) is 1.13. The number of allylic oxidation sites excluding steroid dienone is 1. The highest BCUT2D eigenvalue weighted by Gasteiger charge is 2.48. The number of phenolic OH excluding ortho intramolecular Hbond substituents is 1. The van der Waals surface area contributed by atoms with E-state index in [-0.39, 0.29) is 18.0 Å². The number of aromatic hydroxyl groups is 1. The van der Waals surface area contributed by atoms with E-state index in [4.69, 9.17) is 10.5 Å². The number of phenols is 1. The van der Waals surface area contributed by atoms with E-state index in [0.717, 1.165) is 45.6 Å². The molecule has 0 aromatic heterocycles. The molecule has 2 amide bonds. The van der Waals surface area contributed by atoms with Crippen LogP contribution >= 0.6 is 0 Å². The minimum absolute atomic E-state index is 0.00670. The molecule has 0 fully saturated rings. The number of methoxy groups -OCH3 is 1. The fraction of sp³-hybridized carbons (Fsp3) is 0.594. The van der Waals surface area contributed by atoms with E-state index in [1.54, 1.807) is 18.2 Å². The number of aliphatic hydroxyl groups is 1. The zero-order valence-corrected chi connectivity index (χ0v) is 25.4. The minimum atomic E-state index is -2.86. The van der Waals surface area contributed by atoms with Crippen LogP contribution in [-0.2, 0) is 35.1 Å². The van der Waals surface area contributed by atoms with Gasteiger partial charge in [0.05, 0.1) is 19.4 Å². The molecule has 1 aromatic carbocycles. The highest BCUT2D eigenvalue weighted by molar-refractivity contribution is 5.95. The van der Waals surface area contributed by atoms with Crippen LogP contribution in [0.2, 0.25) is 0 Å². The molecule has 43 heavy (non-hydrogen) atoms. The third-order valence-electron chi connectivity index (χ3n) is 7.25. The van der Waals surface area contributed by atoms with Gasteiger partial charge in [0.25, 0.3) is 0 Å². The van der Waals surface area contributed by atoms with Gasteiger partial charge in [-0.3, -0.25) is 14.4 Å². The monoisotopic (exact) mass is 604 g/mol. The number of ether oxygens (including phenoxy) is 1. The zero-order chi connectivity index (χ0) is 32.3. The average Bonchev–Trinajstić information content (AvgIpc) is 2.95. The Morgan fingerprint density at radius 1 is 0.953 bits per heavy atom. The van der Waals surface area contributed by atoms with Crippen molar-refractivity contribution in [3.05, 3.63) is 42.0 Å². The predicted molar refractivity (Wildman–Crippen MR) is 161 cm³/mol. The van der Waals surface area contributed by atoms with Gasteiger partial charge >= 0.3 is 11.9 Å². The van der Waals surface area contributed by atoms with Crippen molar-refractivity contribution in [3.8, 4) is 5.75 Å². The molecule has 0 aliphatic carbocycles. The van der Waals surface area contributed by atoms with Crippen LogP contribution in [0.3, 0.4) is 0 Å². The first-order valence-corrected chi connectivity index (χ1v) is 15.0. The number of aliphatic carboxylic acids is 1. The molecule has 0 bridgehead atoms. The number of Topliss-reactive ketones (excluding diaryl/α,β-unsaturated/α-hetero) is 1. The van der Waals surface area contributed by atoms with Gasteiger partial charge < -0.3 is 31.1 Å². The molecular weight excluding hydrogens is 556 g/mol. The second-order valence-corrected chi connectivity index (χ2v) is 10.9. The number of carboxylic acids is 1. The molecule has 0 saturated carbocycles. The third kappa shape index (κ3) is 14.3. The Kier molecular flexibility index (Phi) is 17.5. The summed E-state index contributed by atoms with van der Waals surface area (Å²) in [6, 6.07) is 4.64. The van der Waals surface area contributed by atoms with Crippen LogP contribution in [0.4, 0.5) is 0 Å². The highest BCUT2D eigenvalue weighted by Crippen LogP contribution is 2.25. The summed E-state index contributed by atoms with van der Waals surface area (Å²) in [4.78, 5) is 61.5. The number of esters is 1. The molecule has 1 aromatic rings. The zero-order valence-electron chi connectivity index (χ0n) is 25.4. The molecule has 0 aliphatic heterocycles. The summed E-state index contributed by atoms with van der Waals surface area (Å²) in [5.41, 5.74) is 2.90. The van der Waals surface area contributed by atoms with Crippen LogP contribution in [0.25, 0.3) is 0 Å². The fourth-order valence-electron chi connectivity index (χ4n) is 4.73. The van der Waals surface area contributed by atoms with Crippen LogP contribution in [-0.4, -0.2) is 63.6 Å². The summed E-state index contributed by atoms with van der Waals surface area (Å²) < 4.78 is 4.78. The molecule has 240 valence electrons. The van der Waals surface area contributed by atoms with Crippen molar-refractivity contribution in [2.24, 2.45) is 11.7 Å². The highest BCUT2D eigenvalue weighted by atomic mass is 16.5. The molecule has 1 rings (SSSR count). The normalized spacial score (nSPS) is 14.0. The number of primary amides is 1. The van der Waals surface area contributed by atoms with Crippen molar-refractivity contribution in [1.29, 1.82) is 0 Å². The van der Waals surface area contributed by atoms with Crippen LogP contribution in [0.1, 0.15) is 96.0 Å². The first-order valence-electron chi connectivity index (χ1n) is 15.0. The Balaban J connectivity index is 2.82. The lowest BCUT2D eigenvalue weighted by molar-refractivity contribution is -0.169. The van der Waals surface area contributed by atoms with Crippen molar-refractivity contribution < 1.29 is 44.0 Å². The molecule has 0 heterocycles. The maximum Gasteiger partial charge on any atom is 0.337 e. The van der Waals surface area contributed by atoms with E-state index in [1.807, 2.05) is 0 Å². The standard InChI is InChI=1S/C32H48N2O9/c1-3-4-5-8-11-14-24(35)15-12-9-6-7-10-13-16-26(32(42,31(40)41)22-28(33)37)29(38)34-27(30(39)43-2)21-23-17-19-25(36)20-18-23/h13,16-20,26-27,36,42H,3-12,14-15,21-22H2,1-2H3,(H2,33,37)(H,34,38)(H,40,41)/b16-13+/t26-,27+,32+/m1/s1. The van der Waals surface area contributed by atoms with Gasteiger partial charge in [0.2, 0.25) is 11.8 Å². The number of nitrogens with one attached hydrogen (secondary N) is 1. The van der Waals surface area contributed by atoms with Crippen molar-refractivity contribution in [1.82, 2.24) is 5.32 Å². The molecule has 3 atom stereocenters. The predicted octanol–water partition coefficient (Wildman–Crippen LogP) is 3.73. The number of hydrogen-bond acceptors (Lipinski definition) is 8. The number of carbonyl (C=O) groups is 5. The lowest BCUT2D eigenvalue weighted by Gasteiger charge is -2.30. The van der Waals surface area contributed by atoms with Crippen molar-refractivity contribution in [2.45, 2.75) is 108 Å². The Morgan fingerprint density at radius 2 is 1.53 bits per heavy atom. The quantitative estimate of drug-likeness (QED) is 0.0703. The Morgan fingerprint density at radius 3 is 2.07 bits per heavy atom. The van der Waals surface area contributed by atoms with Crippen LogP contribution in [0.5, 0.6) is 5.75 Å². The number of hydrogen-bond donors (Lipinski definition) is 5. The number of amides is 2. The van der Waals surface area contributed by atoms with Crippen molar-refractivity contribution >= 4 is 29.5 Å². The smallest absolute Gasteiger partial charge is 0.337 e. The Labute approximate surface area is 253 Å². The van der Waals surface area contributed by atoms with Gasteiger partial charge in [-0.25, -0.2) is 9.59 Å². The molecule has 0 unspecified atom stereocenters. The van der Waals surface area contributed by atoms with Crippen molar-refractivity contribution in [2.75, 3.05) is 7.11 Å². The second-order valence-electron chi connectivity index (χ2n) is 10.9. The topological polar surface area (TPSA) is 193 Å². The first-order chi connectivity index (χ1) is 20.4. The average molecular weight is 605 g/mol. The van der Waals surface area contributed by atoms with Gasteiger partial charge in [-0.2, -0.15) is 0 Å². The number of ketones is 1. The van der Waals surface area contributed by atoms with Gasteiger partial charge in [0.15, 0.2) is 5.60 Å². The van der Waals surface area contributed by atoms with E-state index in [2.05, 4.69) is 12.2 Å². The van der Waals surface area contributed by atoms with Crippen LogP contribution < -0.4 is 11.1 Å². The molecule has 0 aliphatic rings. The van der Waals surface area contributed by atoms with Gasteiger partial charge in [-0.05, 0) is 43.4 Å². The van der Waals surface area contributed by atoms with Crippen LogP contribution in [0.15, 0.2) is 36.4 Å². The number of rotatable bonds is 23. The summed E-state index contributed by atoms with van der Waals surface area (Å²) in [6.07, 6.45) is 12.0. The number of nitrogens with two attached hydrogens (primary N) is 1. The lowest BCUT2D eigenvalue weighted by Crippen LogP contribution is -2.56. The van der Waals surface area contributed by atoms with E-state index in [1.165, 1.54) is 31.1 Å². The number of unbranched alkanes of at least 4 members (excludes halogenated alkanes) is 8. The summed E-state index contributed by atoms with van der Waals surface area (Å²) in [6.45, 7) is 2.15. The van der Waals surface area contributed by atoms with E-state index >= 15 is 0 Å². The molecule has 6 N–H and O–H groups in total. The van der Waals surface area contributed by atoms with Gasteiger partial charge in [-0.1, -0.05) is 69.7 Å². The number of benzene rings is 1. The fourth-order valence-corrected chi connectivity index (χ4v) is 4.73. The summed E-state index contributed by atoms with van der Waals surface area (Å²) >= 11 is 0. The molecule has 0 saturated heterocycles. The lowest BCUT2D eigenvalue weighted by atomic mass is 9.82. The van der Waals surface area contributed by atoms with E-state index in [0.29, 0.717) is 31.2 Å². The summed E-state index contributed by atoms with van der Waals surface area (Å²) in [5, 5.41) is 32.7. The van der Waals surface area contributed by atoms with Gasteiger partial charge in [-0.15, -0.1) is 0 Å². The van der Waals surface area contributed by atoms with Gasteiger partial charge in [0, 0.05) is 19.3 Å². The minimum Gasteiger partial charge on any atom is -0.508 e. The largest absolute Gasteiger partial charge is 0.508 e. The number of carboxylic acid groups (broad SMARTS) is 1. The molecule has 11 heteroatoms. The maximum atomic E-state index is 13.3. The second kappa shape index (κ2) is 20.2. The van der Waals surface area contributed by atoms with Crippen molar-refractivity contribution in [3.63, 3.8) is 0 Å². The molecular formula is C32H48N2O9. The Bertz CT molecular complexity index is 1070. The van der Waals surface area contributed by atoms with E-state index in [9.17, 15) is 39.3 Å². The first kappa shape index (κ1) is 37.3. The van der Waals surface area contributed by atoms with E-state index < -0.39 is 47.7 Å². The molecule has 0 spiro atoms.